The SMILES string of the molecule is C.O=S(=O)(O)O.[Cu]. The summed E-state index contributed by atoms with van der Waals surface area (Å²) in [6.07, 6.45) is 0. The van der Waals surface area contributed by atoms with Crippen molar-refractivity contribution in [3.8, 4) is 0 Å². The minimum absolute atomic E-state index is 0. The minimum Gasteiger partial charge on any atom is -0.264 e. The Balaban J connectivity index is -0.0000000800. The Labute approximate surface area is 53.0 Å². The summed E-state index contributed by atoms with van der Waals surface area (Å²) >= 11 is 0. The van der Waals surface area contributed by atoms with Gasteiger partial charge in [0.25, 0.3) is 0 Å². The third-order valence-corrected chi connectivity index (χ3v) is 0. The third kappa shape index (κ3) is 812. The van der Waals surface area contributed by atoms with Gasteiger partial charge in [-0.1, -0.05) is 7.43 Å². The molecule has 0 atom stereocenters. The van der Waals surface area contributed by atoms with Crippen LogP contribution in [0.4, 0.5) is 0 Å². The van der Waals surface area contributed by atoms with E-state index in [0.29, 0.717) is 0 Å². The van der Waals surface area contributed by atoms with Crippen molar-refractivity contribution in [2.24, 2.45) is 0 Å². The summed E-state index contributed by atoms with van der Waals surface area (Å²) in [6.45, 7) is 0. The maximum atomic E-state index is 8.74. The maximum Gasteiger partial charge on any atom is 0.394 e. The van der Waals surface area contributed by atoms with Gasteiger partial charge in [-0.25, -0.2) is 0 Å². The molecule has 0 aromatic carbocycles. The van der Waals surface area contributed by atoms with E-state index in [1.54, 1.807) is 0 Å². The smallest absolute Gasteiger partial charge is 0.264 e. The maximum absolute atomic E-state index is 8.74. The van der Waals surface area contributed by atoms with Crippen molar-refractivity contribution in [2.45, 2.75) is 7.43 Å². The molecule has 0 aliphatic rings. The molecule has 0 spiro atoms. The van der Waals surface area contributed by atoms with Crippen LogP contribution in [0.25, 0.3) is 0 Å². The Hall–Kier alpha value is 0.389. The molecule has 2 N–H and O–H groups in total. The van der Waals surface area contributed by atoms with Gasteiger partial charge in [0.2, 0.25) is 0 Å². The van der Waals surface area contributed by atoms with E-state index >= 15 is 0 Å². The van der Waals surface area contributed by atoms with E-state index in [1.165, 1.54) is 0 Å². The first kappa shape index (κ1) is 15.7. The van der Waals surface area contributed by atoms with Crippen LogP contribution in [0, 0.1) is 0 Å². The quantitative estimate of drug-likeness (QED) is 0.403. The molecule has 0 aromatic heterocycles. The van der Waals surface area contributed by atoms with Crippen molar-refractivity contribution >= 4 is 10.4 Å². The van der Waals surface area contributed by atoms with Crippen LogP contribution in [0.3, 0.4) is 0 Å². The molecular formula is CH6CuO4S. The van der Waals surface area contributed by atoms with Crippen LogP contribution in [-0.4, -0.2) is 17.5 Å². The second kappa shape index (κ2) is 4.55. The molecule has 0 aliphatic heterocycles. The van der Waals surface area contributed by atoms with Gasteiger partial charge in [0.1, 0.15) is 0 Å². The zero-order valence-corrected chi connectivity index (χ0v) is 4.18. The number of hydrogen-bond acceptors (Lipinski definition) is 2. The Kier molecular flexibility index (Phi) is 10.2. The molecular weight excluding hydrogens is 172 g/mol. The predicted octanol–water partition coefficient (Wildman–Crippen LogP) is -0.0192. The molecule has 0 unspecified atom stereocenters. The van der Waals surface area contributed by atoms with Crippen molar-refractivity contribution in [3.05, 3.63) is 0 Å². The molecule has 0 fully saturated rings. The monoisotopic (exact) mass is 177 g/mol. The van der Waals surface area contributed by atoms with Gasteiger partial charge in [-0.3, -0.25) is 9.11 Å². The van der Waals surface area contributed by atoms with E-state index in [-0.39, 0.29) is 24.5 Å². The van der Waals surface area contributed by atoms with Crippen molar-refractivity contribution in [1.29, 1.82) is 0 Å². The van der Waals surface area contributed by atoms with E-state index in [2.05, 4.69) is 0 Å². The summed E-state index contributed by atoms with van der Waals surface area (Å²) in [4.78, 5) is 0. The van der Waals surface area contributed by atoms with Crippen LogP contribution in [-0.2, 0) is 27.5 Å². The fraction of sp³-hybridized carbons (Fsp3) is 1.00. The molecule has 0 aromatic rings. The Morgan fingerprint density at radius 1 is 1.14 bits per heavy atom. The number of hydrogen-bond donors (Lipinski definition) is 2. The molecule has 0 bridgehead atoms. The molecule has 4 nitrogen and oxygen atoms in total. The van der Waals surface area contributed by atoms with Crippen LogP contribution in [0.5, 0.6) is 0 Å². The first-order valence-electron chi connectivity index (χ1n) is 0.698. The molecule has 7 heavy (non-hydrogen) atoms. The van der Waals surface area contributed by atoms with E-state index in [1.807, 2.05) is 0 Å². The van der Waals surface area contributed by atoms with Crippen LogP contribution < -0.4 is 0 Å². The molecule has 0 saturated heterocycles. The average molecular weight is 178 g/mol. The van der Waals surface area contributed by atoms with E-state index in [9.17, 15) is 0 Å². The van der Waals surface area contributed by atoms with Gasteiger partial charge in [-0.2, -0.15) is 8.42 Å². The standard InChI is InChI=1S/CH4.Cu.H2O4S/c;;1-5(2,3)4/h1H4;;(H2,1,2,3,4). The molecule has 51 valence electrons. The summed E-state index contributed by atoms with van der Waals surface area (Å²) in [5.74, 6) is 0. The number of rotatable bonds is 0. The van der Waals surface area contributed by atoms with Gasteiger partial charge in [0.15, 0.2) is 0 Å². The Bertz CT molecular complexity index is 94.9. The van der Waals surface area contributed by atoms with Gasteiger partial charge in [0, 0.05) is 17.1 Å². The van der Waals surface area contributed by atoms with Crippen LogP contribution in [0.1, 0.15) is 7.43 Å². The second-order valence-electron chi connectivity index (χ2n) is 0.448. The van der Waals surface area contributed by atoms with Crippen LogP contribution >= 0.6 is 0 Å². The van der Waals surface area contributed by atoms with Gasteiger partial charge in [-0.15, -0.1) is 0 Å². The summed E-state index contributed by atoms with van der Waals surface area (Å²) in [5.41, 5.74) is 0. The fourth-order valence-electron chi connectivity index (χ4n) is 0. The van der Waals surface area contributed by atoms with Crippen molar-refractivity contribution in [2.75, 3.05) is 0 Å². The van der Waals surface area contributed by atoms with Crippen LogP contribution in [0.15, 0.2) is 0 Å². The predicted molar refractivity (Wildman–Crippen MR) is 20.9 cm³/mol. The Morgan fingerprint density at radius 2 is 1.14 bits per heavy atom. The average Bonchev–Trinajstić information content (AvgIpc) is 0.722. The molecule has 0 rings (SSSR count). The van der Waals surface area contributed by atoms with Gasteiger partial charge >= 0.3 is 10.4 Å². The molecule has 0 saturated carbocycles. The summed E-state index contributed by atoms with van der Waals surface area (Å²) in [5, 5.41) is 0. The Morgan fingerprint density at radius 3 is 1.14 bits per heavy atom. The molecule has 0 amide bonds. The molecule has 6 heteroatoms. The topological polar surface area (TPSA) is 74.6 Å². The normalized spacial score (nSPS) is 8.29. The van der Waals surface area contributed by atoms with Gasteiger partial charge in [0.05, 0.1) is 0 Å². The fourth-order valence-corrected chi connectivity index (χ4v) is 0. The van der Waals surface area contributed by atoms with E-state index in [4.69, 9.17) is 17.5 Å². The second-order valence-corrected chi connectivity index (χ2v) is 1.34. The molecule has 0 aliphatic carbocycles. The summed E-state index contributed by atoms with van der Waals surface area (Å²) in [6, 6.07) is 0. The summed E-state index contributed by atoms with van der Waals surface area (Å²) in [7, 11) is -4.67. The van der Waals surface area contributed by atoms with Gasteiger partial charge in [-0.05, 0) is 0 Å². The molecule has 1 radical (unpaired) electrons. The van der Waals surface area contributed by atoms with Crippen LogP contribution in [0.2, 0.25) is 0 Å². The molecule has 0 heterocycles. The first-order chi connectivity index (χ1) is 2.00. The minimum atomic E-state index is -4.67. The van der Waals surface area contributed by atoms with Crippen molar-refractivity contribution < 1.29 is 34.6 Å². The largest absolute Gasteiger partial charge is 0.394 e. The van der Waals surface area contributed by atoms with Crippen molar-refractivity contribution in [1.82, 2.24) is 0 Å². The zero-order valence-electron chi connectivity index (χ0n) is 2.42. The third-order valence-electron chi connectivity index (χ3n) is 0. The first-order valence-corrected chi connectivity index (χ1v) is 2.10. The van der Waals surface area contributed by atoms with Gasteiger partial charge < -0.3 is 0 Å². The summed E-state index contributed by atoms with van der Waals surface area (Å²) < 4.78 is 31.6. The van der Waals surface area contributed by atoms with E-state index < -0.39 is 10.4 Å². The zero-order chi connectivity index (χ0) is 4.50. The van der Waals surface area contributed by atoms with Crippen molar-refractivity contribution in [3.63, 3.8) is 0 Å². The van der Waals surface area contributed by atoms with E-state index in [0.717, 1.165) is 0 Å².